The molecule has 0 saturated carbocycles. The van der Waals surface area contributed by atoms with Crippen LogP contribution in [0.3, 0.4) is 0 Å². The highest BCUT2D eigenvalue weighted by atomic mass is 35.5. The predicted octanol–water partition coefficient (Wildman–Crippen LogP) is 4.27. The van der Waals surface area contributed by atoms with Crippen molar-refractivity contribution in [1.29, 1.82) is 0 Å². The molecule has 2 aromatic carbocycles. The molecule has 0 bridgehead atoms. The molecule has 0 aliphatic heterocycles. The number of rotatable bonds is 7. The summed E-state index contributed by atoms with van der Waals surface area (Å²) in [5.74, 6) is 0.0112. The van der Waals surface area contributed by atoms with E-state index in [1.54, 1.807) is 48.5 Å². The highest BCUT2D eigenvalue weighted by Gasteiger charge is 2.21. The maximum absolute atomic E-state index is 12.6. The molecule has 0 spiro atoms. The number of halogens is 1. The van der Waals surface area contributed by atoms with Crippen molar-refractivity contribution in [3.63, 3.8) is 0 Å². The molecule has 5 nitrogen and oxygen atoms in total. The average Bonchev–Trinajstić information content (AvgIpc) is 2.61. The molecule has 0 saturated heterocycles. The lowest BCUT2D eigenvalue weighted by Gasteiger charge is -2.19. The van der Waals surface area contributed by atoms with E-state index >= 15 is 0 Å². The molecular weight excluding hydrogens is 352 g/mol. The highest BCUT2D eigenvalue weighted by Crippen LogP contribution is 2.20. The molecule has 0 aromatic heterocycles. The number of hydrogen-bond acceptors (Lipinski definition) is 3. The minimum atomic E-state index is -0.683. The summed E-state index contributed by atoms with van der Waals surface area (Å²) in [4.78, 5) is 24.9. The van der Waals surface area contributed by atoms with Gasteiger partial charge in [0.15, 0.2) is 6.10 Å². The van der Waals surface area contributed by atoms with Gasteiger partial charge in [0.2, 0.25) is 0 Å². The fourth-order valence-corrected chi connectivity index (χ4v) is 2.47. The number of para-hydroxylation sites is 1. The normalized spacial score (nSPS) is 11.7. The van der Waals surface area contributed by atoms with Gasteiger partial charge in [-0.2, -0.15) is 0 Å². The van der Waals surface area contributed by atoms with E-state index in [9.17, 15) is 9.59 Å². The van der Waals surface area contributed by atoms with Crippen LogP contribution in [-0.2, 0) is 4.79 Å². The summed E-state index contributed by atoms with van der Waals surface area (Å²) in [6.07, 6.45) is -0.202. The summed E-state index contributed by atoms with van der Waals surface area (Å²) in [6, 6.07) is 13.7. The van der Waals surface area contributed by atoms with Crippen LogP contribution in [0.2, 0.25) is 5.02 Å². The second-order valence-corrected chi connectivity index (χ2v) is 6.57. The van der Waals surface area contributed by atoms with Gasteiger partial charge in [0.1, 0.15) is 5.75 Å². The van der Waals surface area contributed by atoms with Crippen LogP contribution in [0.5, 0.6) is 5.75 Å². The van der Waals surface area contributed by atoms with Gasteiger partial charge in [0.25, 0.3) is 11.8 Å². The minimum Gasteiger partial charge on any atom is -0.481 e. The van der Waals surface area contributed by atoms with E-state index in [0.29, 0.717) is 28.4 Å². The number of carbonyl (C=O) groups is 2. The topological polar surface area (TPSA) is 67.4 Å². The standard InChI is InChI=1S/C20H23ClN2O3/c1-4-18(26-15-11-9-14(21)10-12-15)20(25)23-17-8-6-5-7-16(17)19(24)22-13(2)3/h5-13,18H,4H2,1-3H3,(H,22,24)(H,23,25)/t18-/m0/s1. The zero-order valence-electron chi connectivity index (χ0n) is 15.1. The van der Waals surface area contributed by atoms with Gasteiger partial charge in [-0.25, -0.2) is 0 Å². The Hall–Kier alpha value is -2.53. The Morgan fingerprint density at radius 2 is 1.73 bits per heavy atom. The van der Waals surface area contributed by atoms with Gasteiger partial charge >= 0.3 is 0 Å². The van der Waals surface area contributed by atoms with E-state index < -0.39 is 6.10 Å². The Balaban J connectivity index is 2.12. The number of hydrogen-bond donors (Lipinski definition) is 2. The minimum absolute atomic E-state index is 0.00267. The molecular formula is C20H23ClN2O3. The Kier molecular flexibility index (Phi) is 7.04. The molecule has 0 radical (unpaired) electrons. The number of ether oxygens (including phenoxy) is 1. The first-order valence-electron chi connectivity index (χ1n) is 8.53. The van der Waals surface area contributed by atoms with E-state index in [1.807, 2.05) is 20.8 Å². The first kappa shape index (κ1) is 19.8. The molecule has 2 N–H and O–H groups in total. The summed E-state index contributed by atoms with van der Waals surface area (Å²) < 4.78 is 5.75. The van der Waals surface area contributed by atoms with Crippen LogP contribution < -0.4 is 15.4 Å². The Morgan fingerprint density at radius 1 is 1.08 bits per heavy atom. The van der Waals surface area contributed by atoms with Gasteiger partial charge in [-0.1, -0.05) is 30.7 Å². The van der Waals surface area contributed by atoms with E-state index in [0.717, 1.165) is 0 Å². The molecule has 1 atom stereocenters. The Bertz CT molecular complexity index is 760. The monoisotopic (exact) mass is 374 g/mol. The van der Waals surface area contributed by atoms with Crippen LogP contribution in [-0.4, -0.2) is 24.0 Å². The largest absolute Gasteiger partial charge is 0.481 e. The molecule has 0 fully saturated rings. The van der Waals surface area contributed by atoms with Crippen LogP contribution in [0, 0.1) is 0 Å². The SMILES string of the molecule is CC[C@H](Oc1ccc(Cl)cc1)C(=O)Nc1ccccc1C(=O)NC(C)C. The highest BCUT2D eigenvalue weighted by molar-refractivity contribution is 6.30. The third-order valence-electron chi connectivity index (χ3n) is 3.60. The lowest BCUT2D eigenvalue weighted by Crippen LogP contribution is -2.34. The summed E-state index contributed by atoms with van der Waals surface area (Å²) >= 11 is 5.86. The summed E-state index contributed by atoms with van der Waals surface area (Å²) in [5.41, 5.74) is 0.865. The number of carbonyl (C=O) groups excluding carboxylic acids is 2. The maximum atomic E-state index is 12.6. The second kappa shape index (κ2) is 9.25. The molecule has 0 aliphatic rings. The molecule has 2 amide bonds. The van der Waals surface area contributed by atoms with Crippen LogP contribution in [0.15, 0.2) is 48.5 Å². The summed E-state index contributed by atoms with van der Waals surface area (Å²) in [7, 11) is 0. The van der Waals surface area contributed by atoms with Crippen molar-refractivity contribution in [3.05, 3.63) is 59.1 Å². The van der Waals surface area contributed by atoms with Gasteiger partial charge in [-0.3, -0.25) is 9.59 Å². The van der Waals surface area contributed by atoms with Gasteiger partial charge in [-0.15, -0.1) is 0 Å². The van der Waals surface area contributed by atoms with Crippen molar-refractivity contribution in [2.45, 2.75) is 39.3 Å². The Morgan fingerprint density at radius 3 is 2.35 bits per heavy atom. The molecule has 0 unspecified atom stereocenters. The van der Waals surface area contributed by atoms with E-state index in [4.69, 9.17) is 16.3 Å². The third kappa shape index (κ3) is 5.49. The van der Waals surface area contributed by atoms with Gasteiger partial charge in [-0.05, 0) is 56.7 Å². The summed E-state index contributed by atoms with van der Waals surface area (Å²) in [6.45, 7) is 5.62. The van der Waals surface area contributed by atoms with Crippen LogP contribution in [0.25, 0.3) is 0 Å². The van der Waals surface area contributed by atoms with Crippen molar-refractivity contribution in [2.24, 2.45) is 0 Å². The number of amides is 2. The lowest BCUT2D eigenvalue weighted by molar-refractivity contribution is -0.122. The molecule has 2 aromatic rings. The van der Waals surface area contributed by atoms with Crippen molar-refractivity contribution in [2.75, 3.05) is 5.32 Å². The second-order valence-electron chi connectivity index (χ2n) is 6.13. The molecule has 2 rings (SSSR count). The number of benzene rings is 2. The molecule has 6 heteroatoms. The molecule has 0 aliphatic carbocycles. The smallest absolute Gasteiger partial charge is 0.265 e. The predicted molar refractivity (Wildman–Crippen MR) is 104 cm³/mol. The van der Waals surface area contributed by atoms with E-state index in [-0.39, 0.29) is 17.9 Å². The van der Waals surface area contributed by atoms with Crippen molar-refractivity contribution in [3.8, 4) is 5.75 Å². The fourth-order valence-electron chi connectivity index (χ4n) is 2.34. The van der Waals surface area contributed by atoms with E-state index in [2.05, 4.69) is 10.6 Å². The zero-order chi connectivity index (χ0) is 19.1. The maximum Gasteiger partial charge on any atom is 0.265 e. The fraction of sp³-hybridized carbons (Fsp3) is 0.300. The number of anilines is 1. The van der Waals surface area contributed by atoms with Crippen LogP contribution in [0.1, 0.15) is 37.6 Å². The lowest BCUT2D eigenvalue weighted by atomic mass is 10.1. The molecule has 26 heavy (non-hydrogen) atoms. The zero-order valence-corrected chi connectivity index (χ0v) is 15.8. The quantitative estimate of drug-likeness (QED) is 0.760. The van der Waals surface area contributed by atoms with Gasteiger partial charge < -0.3 is 15.4 Å². The number of nitrogens with one attached hydrogen (secondary N) is 2. The van der Waals surface area contributed by atoms with Crippen molar-refractivity contribution < 1.29 is 14.3 Å². The summed E-state index contributed by atoms with van der Waals surface area (Å²) in [5, 5.41) is 6.22. The van der Waals surface area contributed by atoms with Gasteiger partial charge in [0, 0.05) is 11.1 Å². The van der Waals surface area contributed by atoms with Gasteiger partial charge in [0.05, 0.1) is 11.3 Å². The van der Waals surface area contributed by atoms with E-state index in [1.165, 1.54) is 0 Å². The first-order chi connectivity index (χ1) is 12.4. The van der Waals surface area contributed by atoms with Crippen molar-refractivity contribution >= 4 is 29.1 Å². The first-order valence-corrected chi connectivity index (χ1v) is 8.91. The van der Waals surface area contributed by atoms with Crippen molar-refractivity contribution in [1.82, 2.24) is 5.32 Å². The molecule has 138 valence electrons. The molecule has 0 heterocycles. The van der Waals surface area contributed by atoms with Crippen LogP contribution >= 0.6 is 11.6 Å². The van der Waals surface area contributed by atoms with Crippen LogP contribution in [0.4, 0.5) is 5.69 Å². The average molecular weight is 375 g/mol. The third-order valence-corrected chi connectivity index (χ3v) is 3.86. The Labute approximate surface area is 158 Å².